The van der Waals surface area contributed by atoms with Crippen molar-refractivity contribution >= 4 is 198 Å². The van der Waals surface area contributed by atoms with Gasteiger partial charge in [-0.05, 0) is 114 Å². The number of ether oxygens (including phenoxy) is 4. The SMILES string of the molecule is CC(C)[C@H]1NC(=O)[C@@H](CS)NC(=O)[C@@H](CCC(=O)O)NC(=O)C[C@@H](/C=C/CCS)OC(=O)C[C@@H]1O.CC(C)[C@H]1NC(=O)[C@@H](CS)NC(=O)[C@@H](Cc2ccccc2)N(C)C(=O)C[C@@H](/C=C/CCS)OC(=O)C[C@@H]1O.CC(C)[C@H]1NC(=O)[C@@H](CS)NC(=O)[C@@H](Cc2ccccc2)NC(=O)C[C@@H](/C=C/CCS)OC(=O)C[C@@H]1O.CC(C)[C@H]1NC(=O)[C@H]2CSSCC/C=C/[C@H](CC(=O)N(C)[C@H](Cc3ccccc3)C(=O)N2)OC(=O)C[C@@H]1O. The smallest absolute Gasteiger partial charge is 0.309 e. The van der Waals surface area contributed by atoms with E-state index in [1.54, 1.807) is 95.8 Å². The molecule has 4 fully saturated rings. The van der Waals surface area contributed by atoms with Crippen LogP contribution in [0, 0.1) is 23.7 Å². The van der Waals surface area contributed by atoms with Crippen molar-refractivity contribution in [1.29, 1.82) is 0 Å². The van der Waals surface area contributed by atoms with Crippen molar-refractivity contribution < 1.29 is 126 Å². The number of cyclic esters (lactones) is 3. The number of rotatable bonds is 25. The first-order valence-electron chi connectivity index (χ1n) is 49.3. The van der Waals surface area contributed by atoms with Crippen molar-refractivity contribution in [2.45, 2.75) is 286 Å². The average Bonchev–Trinajstić information content (AvgIpc) is 1.62. The van der Waals surface area contributed by atoms with E-state index in [1.807, 2.05) is 111 Å². The largest absolute Gasteiger partial charge is 0.481 e. The molecule has 2 bridgehead atoms. The molecular formula is C102H148N12O26S8. The molecule has 15 N–H and O–H groups in total. The molecule has 0 spiro atoms. The maximum Gasteiger partial charge on any atom is 0.309 e. The average molecular weight is 2210 g/mol. The van der Waals surface area contributed by atoms with Gasteiger partial charge in [-0.2, -0.15) is 75.8 Å². The summed E-state index contributed by atoms with van der Waals surface area (Å²) < 4.78 is 22.0. The number of aliphatic hydroxyl groups is 4. The number of carboxylic acids is 1. The minimum absolute atomic E-state index is 0.00570. The van der Waals surface area contributed by atoms with E-state index in [2.05, 4.69) is 129 Å². The third-order valence-electron chi connectivity index (χ3n) is 24.1. The second kappa shape index (κ2) is 68.9. The van der Waals surface area contributed by atoms with Gasteiger partial charge >= 0.3 is 29.8 Å². The summed E-state index contributed by atoms with van der Waals surface area (Å²) in [7, 11) is 6.10. The van der Waals surface area contributed by atoms with E-state index in [4.69, 9.17) is 24.1 Å². The lowest BCUT2D eigenvalue weighted by Crippen LogP contribution is -2.58. The van der Waals surface area contributed by atoms with Gasteiger partial charge in [0.05, 0.1) is 99.9 Å². The number of carboxylic acid groups (broad SMARTS) is 1. The Balaban J connectivity index is 0.000000347. The van der Waals surface area contributed by atoms with Crippen LogP contribution in [-0.2, 0) is 120 Å². The zero-order valence-corrected chi connectivity index (χ0v) is 92.0. The van der Waals surface area contributed by atoms with Crippen molar-refractivity contribution in [3.63, 3.8) is 0 Å². The standard InChI is InChI=1S/C27H37N3O6S2.C27H39N3O6S2.C26H37N3O6S2.C22H35N3O8S2/c1-17(2)25-22(31)15-24(33)36-19-11-7-8-12-37-38-16-20(26(34)29-25)28-27(35)21(30(3)23(32)14-19)13-18-9-5-4-6-10-18;1-17(2)25-22(31)15-24(33)36-19(11-7-8-12-37)14-23(32)30(3)21(13-18-9-5-4-6-10-18)27(35)28-20(16-38)26(34)29-25;1-16(2)24-21(30)14-23(32)35-18(10-6-7-11-36)13-22(31)27-19(12-17-8-4-3-5-9-17)25(33)28-20(15-37)26(34)29-24;1-12(2)20-16(26)10-19(30)33-13(5-3-4-8-34)9-17(27)23-14(6-7-18(28)29)21(31)24-15(11-35)22(32)25-20/h4-7,9-11,17,19-22,25,31H,8,12-16H2,1-3H3,(H,28,35)(H,29,34);4-7,9-11,17,19-22,25,31,37-38H,8,12-16H2,1-3H3,(H,28,35)(H,29,34);3-6,8-10,16,18-21,24,30,36-37H,7,11-15H2,1-2H3,(H,27,31)(H,28,33)(H,29,34);3,5,12-16,20,26,34-35H,4,6-11H2,1-2H3,(H,23,27)(H,24,31)(H,25,32)(H,28,29)/b2*11-7+;10-6+;5-3+/t2*19-,20-,21-,22+,25-;18-,19-,20-,21+,24-;13-,14-,15-,16+,20-/m1111/s1. The first kappa shape index (κ1) is 129. The monoisotopic (exact) mass is 2210 g/mol. The van der Waals surface area contributed by atoms with E-state index in [9.17, 15) is 102 Å². The lowest BCUT2D eigenvalue weighted by Gasteiger charge is -2.31. The van der Waals surface area contributed by atoms with Crippen LogP contribution in [0.5, 0.6) is 0 Å². The maximum absolute atomic E-state index is 13.6. The Morgan fingerprint density at radius 3 is 1.07 bits per heavy atom. The second-order valence-electron chi connectivity index (χ2n) is 37.3. The van der Waals surface area contributed by atoms with Crippen LogP contribution in [0.2, 0.25) is 0 Å². The number of fused-ring (bicyclic) bond motifs is 7. The molecule has 0 aromatic heterocycles. The fraction of sp³-hybridized carbons (Fsp3) is 0.578. The molecule has 0 saturated carbocycles. The number of hydrogen-bond acceptors (Lipinski definition) is 33. The number of benzene rings is 3. The topological polar surface area (TPSA) is 555 Å². The van der Waals surface area contributed by atoms with Crippen LogP contribution in [0.4, 0.5) is 0 Å². The predicted molar refractivity (Wildman–Crippen MR) is 583 cm³/mol. The summed E-state index contributed by atoms with van der Waals surface area (Å²) in [6.45, 7) is 14.3. The molecule has 0 aliphatic carbocycles. The third-order valence-corrected chi connectivity index (χ3v) is 28.4. The molecule has 5 aliphatic heterocycles. The highest BCUT2D eigenvalue weighted by molar-refractivity contribution is 8.76. The molecule has 5 aliphatic rings. The Labute approximate surface area is 906 Å². The molecule has 3 aromatic carbocycles. The summed E-state index contributed by atoms with van der Waals surface area (Å²) in [6, 6.07) is 16.5. The van der Waals surface area contributed by atoms with Crippen LogP contribution < -0.4 is 53.2 Å². The van der Waals surface area contributed by atoms with Crippen LogP contribution in [-0.4, -0.2) is 318 Å². The normalized spacial score (nSPS) is 27.5. The summed E-state index contributed by atoms with van der Waals surface area (Å²) in [6.07, 6.45) is 4.97. The molecule has 4 saturated heterocycles. The van der Waals surface area contributed by atoms with Crippen LogP contribution in [0.25, 0.3) is 0 Å². The van der Waals surface area contributed by atoms with Crippen molar-refractivity contribution in [2.24, 2.45) is 23.7 Å². The molecule has 148 heavy (non-hydrogen) atoms. The van der Waals surface area contributed by atoms with Gasteiger partial charge in [0, 0.05) is 68.5 Å². The Morgan fingerprint density at radius 1 is 0.385 bits per heavy atom. The van der Waals surface area contributed by atoms with Crippen molar-refractivity contribution in [2.75, 3.05) is 60.1 Å². The van der Waals surface area contributed by atoms with Crippen LogP contribution in [0.15, 0.2) is 140 Å². The lowest BCUT2D eigenvalue weighted by atomic mass is 9.96. The van der Waals surface area contributed by atoms with Crippen LogP contribution >= 0.6 is 97.4 Å². The Hall–Kier alpha value is -9.75. The summed E-state index contributed by atoms with van der Waals surface area (Å²) in [4.78, 5) is 222. The molecular weight excluding hydrogens is 2070 g/mol. The van der Waals surface area contributed by atoms with E-state index in [-0.39, 0.29) is 117 Å². The van der Waals surface area contributed by atoms with Crippen molar-refractivity contribution in [1.82, 2.24) is 63.0 Å². The number of thiol groups is 6. The molecule has 5 heterocycles. The summed E-state index contributed by atoms with van der Waals surface area (Å²) in [5.74, 6) is -8.78. The van der Waals surface area contributed by atoms with E-state index in [1.165, 1.54) is 33.7 Å². The highest BCUT2D eigenvalue weighted by atomic mass is 33.1. The van der Waals surface area contributed by atoms with Gasteiger partial charge in [0.15, 0.2) is 0 Å². The fourth-order valence-corrected chi connectivity index (χ4v) is 19.2. The van der Waals surface area contributed by atoms with Crippen LogP contribution in [0.1, 0.15) is 162 Å². The van der Waals surface area contributed by atoms with Gasteiger partial charge in [-0.15, -0.1) is 0 Å². The zero-order valence-electron chi connectivity index (χ0n) is 85.0. The molecule has 20 atom stereocenters. The molecule has 12 amide bonds. The number of aliphatic hydroxyl groups excluding tert-OH is 4. The molecule has 8 rings (SSSR count). The number of hydrogen-bond donors (Lipinski definition) is 21. The summed E-state index contributed by atoms with van der Waals surface area (Å²) in [5.41, 5.74) is 2.50. The predicted octanol–water partition coefficient (Wildman–Crippen LogP) is 4.69. The molecule has 38 nitrogen and oxygen atoms in total. The number of likely N-dealkylation sites (N-methyl/N-ethyl adjacent to an activating group) is 2. The van der Waals surface area contributed by atoms with Crippen LogP contribution in [0.3, 0.4) is 0 Å². The number of esters is 4. The number of nitrogens with one attached hydrogen (secondary N) is 10. The van der Waals surface area contributed by atoms with Gasteiger partial charge in [0.2, 0.25) is 70.9 Å². The third kappa shape index (κ3) is 47.0. The highest BCUT2D eigenvalue weighted by Gasteiger charge is 2.42. The Morgan fingerprint density at radius 2 is 0.709 bits per heavy atom. The fourth-order valence-electron chi connectivity index (χ4n) is 15.8. The zero-order chi connectivity index (χ0) is 110. The van der Waals surface area contributed by atoms with Gasteiger partial charge in [0.25, 0.3) is 0 Å². The minimum atomic E-state index is -1.29. The molecule has 0 radical (unpaired) electrons. The minimum Gasteiger partial charge on any atom is -0.481 e. The van der Waals surface area contributed by atoms with Crippen molar-refractivity contribution in [3.8, 4) is 0 Å². The lowest BCUT2D eigenvalue weighted by molar-refractivity contribution is -0.153. The van der Waals surface area contributed by atoms with E-state index in [0.29, 0.717) is 48.7 Å². The number of allylic oxidation sites excluding steroid dienone is 4. The highest BCUT2D eigenvalue weighted by Crippen LogP contribution is 2.27. The molecule has 0 unspecified atom stereocenters. The van der Waals surface area contributed by atoms with E-state index in [0.717, 1.165) is 22.4 Å². The quantitative estimate of drug-likeness (QED) is 0.0180. The first-order chi connectivity index (χ1) is 70.3. The number of aliphatic carboxylic acids is 1. The van der Waals surface area contributed by atoms with E-state index < -0.39 is 229 Å². The number of amides is 12. The molecule has 46 heteroatoms. The van der Waals surface area contributed by atoms with Gasteiger partial charge in [-0.1, -0.05) is 192 Å². The maximum atomic E-state index is 13.6. The van der Waals surface area contributed by atoms with Gasteiger partial charge < -0.3 is 107 Å². The molecule has 3 aromatic rings. The number of carbonyl (C=O) groups is 17. The van der Waals surface area contributed by atoms with Gasteiger partial charge in [0.1, 0.15) is 72.8 Å². The van der Waals surface area contributed by atoms with Gasteiger partial charge in [-0.25, -0.2) is 0 Å². The van der Waals surface area contributed by atoms with E-state index >= 15 is 0 Å². The molecule has 820 valence electrons. The summed E-state index contributed by atoms with van der Waals surface area (Å²) >= 11 is 25.0. The van der Waals surface area contributed by atoms with Crippen molar-refractivity contribution in [3.05, 3.63) is 156 Å². The Bertz CT molecular complexity index is 4900. The number of carbonyl (C=O) groups excluding carboxylic acids is 16. The van der Waals surface area contributed by atoms with Gasteiger partial charge in [-0.3, -0.25) is 81.5 Å². The Kier molecular flexibility index (Phi) is 59.9. The summed E-state index contributed by atoms with van der Waals surface area (Å²) in [5, 5.41) is 78.9. The number of nitrogens with zero attached hydrogens (tertiary/aromatic N) is 2. The first-order valence-corrected chi connectivity index (χ1v) is 55.6. The second-order valence-corrected chi connectivity index (χ2v) is 42.4.